The fourth-order valence-corrected chi connectivity index (χ4v) is 6.33. The molecule has 2 aromatic rings. The molecule has 2 aromatic carbocycles. The molecule has 0 spiro atoms. The number of hydrogen-bond donors (Lipinski definition) is 0. The number of esters is 1. The molecular formula is C24H27N3O5S. The number of amides is 1. The van der Waals surface area contributed by atoms with E-state index in [0.717, 1.165) is 5.56 Å². The molecule has 1 heterocycles. The molecule has 33 heavy (non-hydrogen) atoms. The van der Waals surface area contributed by atoms with Crippen LogP contribution < -0.4 is 4.90 Å². The molecule has 1 aliphatic heterocycles. The van der Waals surface area contributed by atoms with E-state index in [2.05, 4.69) is 0 Å². The molecule has 1 aliphatic rings. The first-order chi connectivity index (χ1) is 15.7. The fourth-order valence-electron chi connectivity index (χ4n) is 4.26. The van der Waals surface area contributed by atoms with E-state index < -0.39 is 34.5 Å². The second kappa shape index (κ2) is 10.1. The van der Waals surface area contributed by atoms with Crippen LogP contribution in [-0.2, 0) is 24.3 Å². The molecule has 3 rings (SSSR count). The number of ether oxygens (including phenoxy) is 1. The van der Waals surface area contributed by atoms with Gasteiger partial charge < -0.3 is 4.74 Å². The number of benzene rings is 2. The van der Waals surface area contributed by atoms with E-state index in [0.29, 0.717) is 29.7 Å². The van der Waals surface area contributed by atoms with Crippen molar-refractivity contribution in [1.29, 1.82) is 5.26 Å². The summed E-state index contributed by atoms with van der Waals surface area (Å²) in [6, 6.07) is 13.1. The summed E-state index contributed by atoms with van der Waals surface area (Å²) < 4.78 is 33.3. The van der Waals surface area contributed by atoms with Crippen molar-refractivity contribution >= 4 is 27.6 Å². The van der Waals surface area contributed by atoms with Crippen LogP contribution in [0.2, 0.25) is 0 Å². The summed E-state index contributed by atoms with van der Waals surface area (Å²) in [6.45, 7) is 4.80. The first-order valence-corrected chi connectivity index (χ1v) is 12.1. The van der Waals surface area contributed by atoms with Crippen molar-refractivity contribution in [1.82, 2.24) is 4.31 Å². The molecule has 1 fully saturated rings. The topological polar surface area (TPSA) is 108 Å². The van der Waals surface area contributed by atoms with Crippen LogP contribution in [0.5, 0.6) is 0 Å². The lowest BCUT2D eigenvalue weighted by Crippen LogP contribution is -2.43. The standard InChI is InChI=1S/C24H27N3O5S/c1-17-14-18(2)23(19(3)15-17)33(30,31)27-12-7-10-21(27)24(29)32-16-22(28)26(13-11-25)20-8-5-4-6-9-20/h4-6,8-9,14-15,21H,7,10,12-13,16H2,1-3H3. The highest BCUT2D eigenvalue weighted by molar-refractivity contribution is 7.89. The lowest BCUT2D eigenvalue weighted by Gasteiger charge is -2.25. The van der Waals surface area contributed by atoms with Gasteiger partial charge in [0.25, 0.3) is 5.91 Å². The second-order valence-corrected chi connectivity index (χ2v) is 9.91. The number of nitrogens with zero attached hydrogens (tertiary/aromatic N) is 3. The molecule has 9 heteroatoms. The summed E-state index contributed by atoms with van der Waals surface area (Å²) in [5.74, 6) is -1.33. The third-order valence-electron chi connectivity index (χ3n) is 5.58. The lowest BCUT2D eigenvalue weighted by atomic mass is 10.1. The zero-order valence-electron chi connectivity index (χ0n) is 18.9. The monoisotopic (exact) mass is 469 g/mol. The predicted molar refractivity (Wildman–Crippen MR) is 123 cm³/mol. The molecule has 1 unspecified atom stereocenters. The van der Waals surface area contributed by atoms with Gasteiger partial charge in [-0.15, -0.1) is 0 Å². The molecule has 0 saturated carbocycles. The molecule has 1 atom stereocenters. The Morgan fingerprint density at radius 3 is 2.39 bits per heavy atom. The Morgan fingerprint density at radius 1 is 1.15 bits per heavy atom. The number of carbonyl (C=O) groups is 2. The van der Waals surface area contributed by atoms with Gasteiger partial charge in [-0.05, 0) is 56.9 Å². The van der Waals surface area contributed by atoms with E-state index in [1.54, 1.807) is 56.3 Å². The lowest BCUT2D eigenvalue weighted by molar-refractivity contribution is -0.151. The Morgan fingerprint density at radius 2 is 1.79 bits per heavy atom. The number of nitriles is 1. The highest BCUT2D eigenvalue weighted by atomic mass is 32.2. The fraction of sp³-hybridized carbons (Fsp3) is 0.375. The van der Waals surface area contributed by atoms with Crippen LogP contribution in [0.15, 0.2) is 47.4 Å². The van der Waals surface area contributed by atoms with Gasteiger partial charge in [0.15, 0.2) is 6.61 Å². The average Bonchev–Trinajstić information content (AvgIpc) is 3.26. The summed E-state index contributed by atoms with van der Waals surface area (Å²) in [7, 11) is -3.92. The van der Waals surface area contributed by atoms with Crippen LogP contribution >= 0.6 is 0 Å². The maximum absolute atomic E-state index is 13.4. The molecule has 174 valence electrons. The maximum atomic E-state index is 13.4. The van der Waals surface area contributed by atoms with Crippen LogP contribution in [0.4, 0.5) is 5.69 Å². The van der Waals surface area contributed by atoms with E-state index >= 15 is 0 Å². The highest BCUT2D eigenvalue weighted by Gasteiger charge is 2.41. The minimum atomic E-state index is -3.92. The highest BCUT2D eigenvalue weighted by Crippen LogP contribution is 2.31. The maximum Gasteiger partial charge on any atom is 0.324 e. The minimum Gasteiger partial charge on any atom is -0.454 e. The molecule has 0 aliphatic carbocycles. The normalized spacial score (nSPS) is 16.2. The van der Waals surface area contributed by atoms with Gasteiger partial charge in [-0.25, -0.2) is 8.42 Å². The number of para-hydroxylation sites is 1. The van der Waals surface area contributed by atoms with Crippen LogP contribution in [-0.4, -0.2) is 50.3 Å². The smallest absolute Gasteiger partial charge is 0.324 e. The number of rotatable bonds is 7. The Hall–Kier alpha value is -3.22. The Kier molecular flexibility index (Phi) is 7.51. The molecule has 0 N–H and O–H groups in total. The Labute approximate surface area is 194 Å². The summed E-state index contributed by atoms with van der Waals surface area (Å²) in [5, 5.41) is 9.07. The van der Waals surface area contributed by atoms with Crippen LogP contribution in [0, 0.1) is 32.1 Å². The summed E-state index contributed by atoms with van der Waals surface area (Å²) in [6.07, 6.45) is 0.832. The van der Waals surface area contributed by atoms with Gasteiger partial charge in [-0.3, -0.25) is 14.5 Å². The quantitative estimate of drug-likeness (QED) is 0.456. The zero-order valence-corrected chi connectivity index (χ0v) is 19.8. The van der Waals surface area contributed by atoms with Gasteiger partial charge in [0, 0.05) is 12.2 Å². The molecule has 0 aromatic heterocycles. The zero-order chi connectivity index (χ0) is 24.2. The predicted octanol–water partition coefficient (Wildman–Crippen LogP) is 2.86. The van der Waals surface area contributed by atoms with E-state index in [-0.39, 0.29) is 18.0 Å². The van der Waals surface area contributed by atoms with Gasteiger partial charge in [-0.1, -0.05) is 35.9 Å². The SMILES string of the molecule is Cc1cc(C)c(S(=O)(=O)N2CCCC2C(=O)OCC(=O)N(CC#N)c2ccccc2)c(C)c1. The van der Waals surface area contributed by atoms with Gasteiger partial charge in [0.05, 0.1) is 11.0 Å². The van der Waals surface area contributed by atoms with Crippen LogP contribution in [0.25, 0.3) is 0 Å². The van der Waals surface area contributed by atoms with E-state index in [9.17, 15) is 18.0 Å². The van der Waals surface area contributed by atoms with Crippen molar-refractivity contribution in [2.45, 2.75) is 44.6 Å². The first kappa shape index (κ1) is 24.4. The third-order valence-corrected chi connectivity index (χ3v) is 7.80. The molecule has 1 saturated heterocycles. The minimum absolute atomic E-state index is 0.198. The average molecular weight is 470 g/mol. The van der Waals surface area contributed by atoms with Gasteiger partial charge in [-0.2, -0.15) is 9.57 Å². The largest absolute Gasteiger partial charge is 0.454 e. The van der Waals surface area contributed by atoms with Crippen molar-refractivity contribution in [3.8, 4) is 6.07 Å². The molecule has 1 amide bonds. The van der Waals surface area contributed by atoms with E-state index in [4.69, 9.17) is 10.00 Å². The molecule has 0 bridgehead atoms. The summed E-state index contributed by atoms with van der Waals surface area (Å²) in [4.78, 5) is 26.9. The first-order valence-electron chi connectivity index (χ1n) is 10.7. The van der Waals surface area contributed by atoms with Gasteiger partial charge in [0.1, 0.15) is 12.6 Å². The van der Waals surface area contributed by atoms with Crippen molar-refractivity contribution in [2.75, 3.05) is 24.6 Å². The number of hydrogen-bond acceptors (Lipinski definition) is 6. The van der Waals surface area contributed by atoms with Crippen molar-refractivity contribution in [2.24, 2.45) is 0 Å². The number of carbonyl (C=O) groups excluding carboxylic acids is 2. The number of aryl methyl sites for hydroxylation is 3. The summed E-state index contributed by atoms with van der Waals surface area (Å²) in [5.41, 5.74) is 2.71. The number of sulfonamides is 1. The summed E-state index contributed by atoms with van der Waals surface area (Å²) >= 11 is 0. The Balaban J connectivity index is 1.75. The van der Waals surface area contributed by atoms with Gasteiger partial charge in [0.2, 0.25) is 10.0 Å². The van der Waals surface area contributed by atoms with Crippen molar-refractivity contribution in [3.63, 3.8) is 0 Å². The van der Waals surface area contributed by atoms with Crippen LogP contribution in [0.3, 0.4) is 0 Å². The third kappa shape index (κ3) is 5.24. The molecular weight excluding hydrogens is 442 g/mol. The second-order valence-electron chi connectivity index (χ2n) is 8.08. The number of anilines is 1. The van der Waals surface area contributed by atoms with E-state index in [1.807, 2.05) is 13.0 Å². The van der Waals surface area contributed by atoms with Crippen LogP contribution in [0.1, 0.15) is 29.5 Å². The Bertz CT molecular complexity index is 1170. The van der Waals surface area contributed by atoms with E-state index in [1.165, 1.54) is 9.21 Å². The van der Waals surface area contributed by atoms with Crippen molar-refractivity contribution in [3.05, 3.63) is 59.2 Å². The molecule has 8 nitrogen and oxygen atoms in total. The molecule has 0 radical (unpaired) electrons. The van der Waals surface area contributed by atoms with Gasteiger partial charge >= 0.3 is 5.97 Å². The van der Waals surface area contributed by atoms with Crippen molar-refractivity contribution < 1.29 is 22.7 Å².